The molecule has 0 saturated heterocycles. The van der Waals surface area contributed by atoms with E-state index in [1.807, 2.05) is 24.3 Å². The van der Waals surface area contributed by atoms with E-state index < -0.39 is 21.5 Å². The van der Waals surface area contributed by atoms with E-state index in [4.69, 9.17) is 0 Å². The molecule has 2 aliphatic carbocycles. The summed E-state index contributed by atoms with van der Waals surface area (Å²) in [5.41, 5.74) is 0.399. The van der Waals surface area contributed by atoms with Crippen LogP contribution in [-0.4, -0.2) is 30.4 Å². The maximum atomic E-state index is 13.0. The van der Waals surface area contributed by atoms with Crippen molar-refractivity contribution >= 4 is 26.6 Å². The maximum Gasteiger partial charge on any atom is 0.233 e. The molecule has 0 aliphatic heterocycles. The molecule has 134 valence electrons. The number of nitrogens with zero attached hydrogens (tertiary/aromatic N) is 1. The van der Waals surface area contributed by atoms with Crippen LogP contribution in [0, 0.1) is 16.7 Å². The topological polar surface area (TPSA) is 79.3 Å². The highest BCUT2D eigenvalue weighted by atomic mass is 32.2. The first-order valence-electron chi connectivity index (χ1n) is 8.77. The minimum absolute atomic E-state index is 0.0477. The summed E-state index contributed by atoms with van der Waals surface area (Å²) in [6, 6.07) is 9.20. The fraction of sp³-hybridized carbons (Fsp3) is 0.526. The molecule has 6 heteroatoms. The summed E-state index contributed by atoms with van der Waals surface area (Å²) in [6.07, 6.45) is 3.57. The minimum atomic E-state index is -3.61. The highest BCUT2D eigenvalue weighted by Gasteiger charge is 2.65. The molecule has 25 heavy (non-hydrogen) atoms. The maximum absolute atomic E-state index is 13.0. The number of pyridine rings is 1. The van der Waals surface area contributed by atoms with Crippen molar-refractivity contribution in [1.82, 2.24) is 4.98 Å². The fourth-order valence-corrected chi connectivity index (χ4v) is 7.07. The van der Waals surface area contributed by atoms with Crippen LogP contribution < -0.4 is 4.72 Å². The summed E-state index contributed by atoms with van der Waals surface area (Å²) in [4.78, 5) is 4.31. The second kappa shape index (κ2) is 5.42. The van der Waals surface area contributed by atoms with E-state index in [2.05, 4.69) is 23.6 Å². The number of nitrogens with one attached hydrogen (secondary N) is 1. The largest absolute Gasteiger partial charge is 0.392 e. The van der Waals surface area contributed by atoms with Crippen LogP contribution in [0.15, 0.2) is 36.5 Å². The first-order valence-corrected chi connectivity index (χ1v) is 10.4. The molecule has 0 spiro atoms. The Balaban J connectivity index is 1.67. The van der Waals surface area contributed by atoms with Gasteiger partial charge in [0.1, 0.15) is 0 Å². The molecule has 1 aromatic carbocycles. The van der Waals surface area contributed by atoms with Crippen molar-refractivity contribution < 1.29 is 13.5 Å². The summed E-state index contributed by atoms with van der Waals surface area (Å²) in [6.45, 7) is 4.21. The Kier molecular flexibility index (Phi) is 3.64. The van der Waals surface area contributed by atoms with Gasteiger partial charge in [-0.3, -0.25) is 9.71 Å². The van der Waals surface area contributed by atoms with Crippen molar-refractivity contribution in [3.05, 3.63) is 36.5 Å². The molecule has 0 radical (unpaired) electrons. The smallest absolute Gasteiger partial charge is 0.233 e. The van der Waals surface area contributed by atoms with Gasteiger partial charge in [-0.1, -0.05) is 32.0 Å². The lowest BCUT2D eigenvalue weighted by atomic mass is 9.70. The Morgan fingerprint density at radius 1 is 1.28 bits per heavy atom. The fourth-order valence-electron chi connectivity index (χ4n) is 5.11. The molecule has 2 aliphatic rings. The third-order valence-corrected chi connectivity index (χ3v) is 8.16. The number of anilines is 1. The van der Waals surface area contributed by atoms with Crippen molar-refractivity contribution in [3.8, 4) is 0 Å². The number of rotatable bonds is 4. The molecular weight excluding hydrogens is 336 g/mol. The van der Waals surface area contributed by atoms with E-state index in [9.17, 15) is 13.5 Å². The van der Waals surface area contributed by atoms with Gasteiger partial charge in [0, 0.05) is 17.0 Å². The normalized spacial score (nSPS) is 30.7. The highest BCUT2D eigenvalue weighted by Crippen LogP contribution is 2.66. The van der Waals surface area contributed by atoms with Crippen molar-refractivity contribution in [2.24, 2.45) is 16.7 Å². The van der Waals surface area contributed by atoms with Crippen LogP contribution in [-0.2, 0) is 10.0 Å². The van der Waals surface area contributed by atoms with E-state index in [1.54, 1.807) is 12.3 Å². The molecule has 0 unspecified atom stereocenters. The molecule has 3 atom stereocenters. The van der Waals surface area contributed by atoms with Crippen LogP contribution in [0.25, 0.3) is 10.9 Å². The summed E-state index contributed by atoms with van der Waals surface area (Å²) < 4.78 is 28.7. The molecule has 2 bridgehead atoms. The third kappa shape index (κ3) is 2.46. The Bertz CT molecular complexity index is 920. The molecule has 5 nitrogen and oxygen atoms in total. The Morgan fingerprint density at radius 2 is 2.04 bits per heavy atom. The lowest BCUT2D eigenvalue weighted by Crippen LogP contribution is -2.45. The molecular formula is C19H24N2O3S. The van der Waals surface area contributed by atoms with Gasteiger partial charge in [-0.15, -0.1) is 0 Å². The molecule has 4 rings (SSSR count). The Hall–Kier alpha value is -1.66. The van der Waals surface area contributed by atoms with Gasteiger partial charge < -0.3 is 5.11 Å². The van der Waals surface area contributed by atoms with Gasteiger partial charge >= 0.3 is 0 Å². The average molecular weight is 360 g/mol. The lowest BCUT2D eigenvalue weighted by Gasteiger charge is -2.40. The number of aliphatic hydroxyl groups excluding tert-OH is 1. The zero-order valence-electron chi connectivity index (χ0n) is 14.6. The molecule has 2 N–H and O–H groups in total. The van der Waals surface area contributed by atoms with E-state index >= 15 is 0 Å². The summed E-state index contributed by atoms with van der Waals surface area (Å²) in [5.74, 6) is 0.352. The van der Waals surface area contributed by atoms with Crippen LogP contribution >= 0.6 is 0 Å². The highest BCUT2D eigenvalue weighted by molar-refractivity contribution is 7.92. The van der Waals surface area contributed by atoms with Crippen LogP contribution in [0.4, 0.5) is 5.69 Å². The van der Waals surface area contributed by atoms with Crippen LogP contribution in [0.3, 0.4) is 0 Å². The third-order valence-electron chi connectivity index (χ3n) is 6.73. The first kappa shape index (κ1) is 16.8. The zero-order valence-corrected chi connectivity index (χ0v) is 15.4. The van der Waals surface area contributed by atoms with Crippen molar-refractivity contribution in [1.29, 1.82) is 0 Å². The number of hydrogen-bond donors (Lipinski definition) is 2. The van der Waals surface area contributed by atoms with Gasteiger partial charge in [0.2, 0.25) is 10.0 Å². The van der Waals surface area contributed by atoms with Gasteiger partial charge in [0.05, 0.1) is 23.1 Å². The zero-order chi connectivity index (χ0) is 17.9. The number of aliphatic hydroxyl groups is 1. The molecule has 1 heterocycles. The van der Waals surface area contributed by atoms with Gasteiger partial charge in [0.25, 0.3) is 0 Å². The SMILES string of the molecule is CC1(C)[C@@H]2CC[C@@]1(CS(=O)(=O)Nc1cccc3cccnc13)[C@H](O)C2. The Labute approximate surface area is 148 Å². The minimum Gasteiger partial charge on any atom is -0.392 e. The van der Waals surface area contributed by atoms with Crippen LogP contribution in [0.2, 0.25) is 0 Å². The predicted molar refractivity (Wildman–Crippen MR) is 98.7 cm³/mol. The summed E-state index contributed by atoms with van der Waals surface area (Å²) >= 11 is 0. The van der Waals surface area contributed by atoms with Crippen molar-refractivity contribution in [2.75, 3.05) is 10.5 Å². The molecule has 2 fully saturated rings. The predicted octanol–water partition coefficient (Wildman–Crippen LogP) is 3.16. The quantitative estimate of drug-likeness (QED) is 0.878. The van der Waals surface area contributed by atoms with Crippen molar-refractivity contribution in [2.45, 2.75) is 39.2 Å². The standard InChI is InChI=1S/C19H24N2O3S/c1-18(2)14-8-9-19(18,16(22)11-14)12-25(23,24)21-15-7-3-5-13-6-4-10-20-17(13)15/h3-7,10,14,16,21-22H,8-9,11-12H2,1-2H3/t14-,16-,19-/m1/s1. The second-order valence-corrected chi connectivity index (χ2v) is 9.83. The number of hydrogen-bond acceptors (Lipinski definition) is 4. The first-order chi connectivity index (χ1) is 11.8. The number of para-hydroxylation sites is 1. The lowest BCUT2D eigenvalue weighted by molar-refractivity contribution is 0.0154. The van der Waals surface area contributed by atoms with Gasteiger partial charge in [-0.2, -0.15) is 0 Å². The number of fused-ring (bicyclic) bond motifs is 3. The monoisotopic (exact) mass is 360 g/mol. The molecule has 0 amide bonds. The Morgan fingerprint density at radius 3 is 2.72 bits per heavy atom. The molecule has 2 saturated carbocycles. The molecule has 1 aromatic heterocycles. The number of sulfonamides is 1. The molecule has 2 aromatic rings. The van der Waals surface area contributed by atoms with E-state index in [1.165, 1.54) is 0 Å². The van der Waals surface area contributed by atoms with Crippen molar-refractivity contribution in [3.63, 3.8) is 0 Å². The van der Waals surface area contributed by atoms with Crippen LogP contribution in [0.5, 0.6) is 0 Å². The average Bonchev–Trinajstić information content (AvgIpc) is 2.88. The van der Waals surface area contributed by atoms with E-state index in [0.717, 1.165) is 18.2 Å². The summed E-state index contributed by atoms with van der Waals surface area (Å²) in [7, 11) is -3.61. The van der Waals surface area contributed by atoms with Gasteiger partial charge in [-0.25, -0.2) is 8.42 Å². The number of aromatic nitrogens is 1. The van der Waals surface area contributed by atoms with E-state index in [0.29, 0.717) is 23.5 Å². The van der Waals surface area contributed by atoms with Gasteiger partial charge in [0.15, 0.2) is 0 Å². The van der Waals surface area contributed by atoms with Gasteiger partial charge in [-0.05, 0) is 42.7 Å². The summed E-state index contributed by atoms with van der Waals surface area (Å²) in [5, 5.41) is 11.5. The van der Waals surface area contributed by atoms with E-state index in [-0.39, 0.29) is 11.2 Å². The second-order valence-electron chi connectivity index (χ2n) is 8.11. The van der Waals surface area contributed by atoms with Crippen LogP contribution in [0.1, 0.15) is 33.1 Å². The number of benzene rings is 1.